The van der Waals surface area contributed by atoms with E-state index in [2.05, 4.69) is 29.4 Å². The Morgan fingerprint density at radius 3 is 2.50 bits per heavy atom. The Labute approximate surface area is 127 Å². The fourth-order valence-electron chi connectivity index (χ4n) is 3.34. The van der Waals surface area contributed by atoms with Gasteiger partial charge in [0.25, 0.3) is 0 Å². The van der Waals surface area contributed by atoms with Crippen LogP contribution >= 0.6 is 11.8 Å². The van der Waals surface area contributed by atoms with E-state index in [9.17, 15) is 4.79 Å². The number of piperidine rings is 1. The van der Waals surface area contributed by atoms with Crippen LogP contribution in [0.25, 0.3) is 0 Å². The first-order valence-corrected chi connectivity index (χ1v) is 9.22. The Hall–Kier alpha value is -0.260. The Morgan fingerprint density at radius 1 is 1.25 bits per heavy atom. The van der Waals surface area contributed by atoms with Crippen LogP contribution in [0.3, 0.4) is 0 Å². The third-order valence-electron chi connectivity index (χ3n) is 4.52. The van der Waals surface area contributed by atoms with Crippen molar-refractivity contribution in [2.45, 2.75) is 57.7 Å². The normalized spacial score (nSPS) is 28.9. The van der Waals surface area contributed by atoms with Crippen molar-refractivity contribution < 1.29 is 4.79 Å². The van der Waals surface area contributed by atoms with Crippen LogP contribution < -0.4 is 10.6 Å². The lowest BCUT2D eigenvalue weighted by molar-refractivity contribution is -0.119. The number of carbonyl (C=O) groups is 1. The van der Waals surface area contributed by atoms with Crippen LogP contribution in [-0.4, -0.2) is 60.1 Å². The molecule has 2 unspecified atom stereocenters. The van der Waals surface area contributed by atoms with Crippen LogP contribution in [0.5, 0.6) is 0 Å². The van der Waals surface area contributed by atoms with Crippen LogP contribution in [0.4, 0.5) is 0 Å². The fourth-order valence-corrected chi connectivity index (χ4v) is 4.14. The maximum atomic E-state index is 12.0. The predicted octanol–water partition coefficient (Wildman–Crippen LogP) is 1.46. The van der Waals surface area contributed by atoms with E-state index in [0.29, 0.717) is 23.9 Å². The number of amides is 1. The second-order valence-corrected chi connectivity index (χ2v) is 7.06. The van der Waals surface area contributed by atoms with E-state index in [1.165, 1.54) is 12.8 Å². The molecule has 2 atom stereocenters. The molecular weight excluding hydrogens is 270 g/mol. The number of carbonyl (C=O) groups excluding carboxylic acids is 1. The summed E-state index contributed by atoms with van der Waals surface area (Å²) < 4.78 is 0. The van der Waals surface area contributed by atoms with Crippen LogP contribution in [-0.2, 0) is 4.79 Å². The molecule has 1 amide bonds. The Balaban J connectivity index is 1.56. The molecule has 2 rings (SSSR count). The van der Waals surface area contributed by atoms with Crippen molar-refractivity contribution in [3.63, 3.8) is 0 Å². The number of thioether (sulfide) groups is 1. The van der Waals surface area contributed by atoms with Crippen molar-refractivity contribution in [2.75, 3.05) is 31.1 Å². The van der Waals surface area contributed by atoms with Crippen molar-refractivity contribution in [1.29, 1.82) is 0 Å². The Kier molecular flexibility index (Phi) is 6.65. The van der Waals surface area contributed by atoms with Gasteiger partial charge in [-0.25, -0.2) is 0 Å². The second-order valence-electron chi connectivity index (χ2n) is 5.95. The van der Waals surface area contributed by atoms with Gasteiger partial charge < -0.3 is 15.5 Å². The molecule has 2 aliphatic heterocycles. The minimum absolute atomic E-state index is 0.223. The molecule has 5 heteroatoms. The molecule has 0 aliphatic carbocycles. The van der Waals surface area contributed by atoms with Gasteiger partial charge in [0.05, 0.1) is 5.75 Å². The van der Waals surface area contributed by atoms with Gasteiger partial charge in [-0.3, -0.25) is 4.79 Å². The number of rotatable bonds is 8. The lowest BCUT2D eigenvalue weighted by atomic mass is 10.00. The van der Waals surface area contributed by atoms with Crippen LogP contribution in [0.1, 0.15) is 39.5 Å². The van der Waals surface area contributed by atoms with E-state index < -0.39 is 0 Å². The predicted molar refractivity (Wildman–Crippen MR) is 86.2 cm³/mol. The maximum absolute atomic E-state index is 12.0. The molecule has 2 fully saturated rings. The number of hydrogen-bond acceptors (Lipinski definition) is 4. The van der Waals surface area contributed by atoms with E-state index >= 15 is 0 Å². The fraction of sp³-hybridized carbons (Fsp3) is 0.933. The molecule has 0 radical (unpaired) electrons. The third-order valence-corrected chi connectivity index (χ3v) is 5.46. The largest absolute Gasteiger partial charge is 0.353 e. The molecule has 0 aromatic rings. The van der Waals surface area contributed by atoms with Gasteiger partial charge in [0.1, 0.15) is 0 Å². The van der Waals surface area contributed by atoms with Crippen LogP contribution in [0.2, 0.25) is 0 Å². The topological polar surface area (TPSA) is 44.4 Å². The van der Waals surface area contributed by atoms with Crippen molar-refractivity contribution in [3.8, 4) is 0 Å². The third kappa shape index (κ3) is 4.93. The van der Waals surface area contributed by atoms with E-state index in [0.717, 1.165) is 38.2 Å². The van der Waals surface area contributed by atoms with Crippen molar-refractivity contribution in [3.05, 3.63) is 0 Å². The number of hydrogen-bond donors (Lipinski definition) is 2. The van der Waals surface area contributed by atoms with Crippen molar-refractivity contribution in [2.24, 2.45) is 0 Å². The summed E-state index contributed by atoms with van der Waals surface area (Å²) in [5, 5.41) is 6.83. The van der Waals surface area contributed by atoms with Gasteiger partial charge in [-0.1, -0.05) is 13.8 Å². The minimum atomic E-state index is 0.223. The zero-order chi connectivity index (χ0) is 14.4. The highest BCUT2D eigenvalue weighted by Gasteiger charge is 2.33. The van der Waals surface area contributed by atoms with Gasteiger partial charge in [0.2, 0.25) is 5.91 Å². The number of nitrogens with one attached hydrogen (secondary N) is 2. The highest BCUT2D eigenvalue weighted by atomic mass is 32.2. The van der Waals surface area contributed by atoms with Gasteiger partial charge in [-0.2, -0.15) is 11.8 Å². The molecule has 2 saturated heterocycles. The molecule has 0 saturated carbocycles. The zero-order valence-corrected chi connectivity index (χ0v) is 13.7. The van der Waals surface area contributed by atoms with Crippen molar-refractivity contribution >= 4 is 17.7 Å². The van der Waals surface area contributed by atoms with E-state index in [1.54, 1.807) is 11.8 Å². The van der Waals surface area contributed by atoms with Crippen LogP contribution in [0, 0.1) is 0 Å². The average Bonchev–Trinajstić information content (AvgIpc) is 2.78. The highest BCUT2D eigenvalue weighted by molar-refractivity contribution is 7.99. The van der Waals surface area contributed by atoms with E-state index in [1.807, 2.05) is 0 Å². The van der Waals surface area contributed by atoms with Gasteiger partial charge in [-0.15, -0.1) is 0 Å². The van der Waals surface area contributed by atoms with Gasteiger partial charge in [-0.05, 0) is 38.8 Å². The molecule has 0 aromatic carbocycles. The molecular formula is C15H29N3OS. The minimum Gasteiger partial charge on any atom is -0.353 e. The second kappa shape index (κ2) is 8.25. The molecule has 0 aromatic heterocycles. The first kappa shape index (κ1) is 16.1. The monoisotopic (exact) mass is 299 g/mol. The lowest BCUT2D eigenvalue weighted by Crippen LogP contribution is -2.48. The molecule has 0 spiro atoms. The van der Waals surface area contributed by atoms with E-state index in [-0.39, 0.29) is 5.91 Å². The molecule has 2 heterocycles. The summed E-state index contributed by atoms with van der Waals surface area (Å²) in [5.41, 5.74) is 0. The zero-order valence-electron chi connectivity index (χ0n) is 12.9. The molecule has 20 heavy (non-hydrogen) atoms. The smallest absolute Gasteiger partial charge is 0.230 e. The Morgan fingerprint density at radius 2 is 1.90 bits per heavy atom. The number of fused-ring (bicyclic) bond motifs is 2. The first-order chi connectivity index (χ1) is 9.71. The van der Waals surface area contributed by atoms with Gasteiger partial charge >= 0.3 is 0 Å². The summed E-state index contributed by atoms with van der Waals surface area (Å²) in [7, 11) is 0. The summed E-state index contributed by atoms with van der Waals surface area (Å²) >= 11 is 1.76. The summed E-state index contributed by atoms with van der Waals surface area (Å²) in [6.07, 6.45) is 4.81. The van der Waals surface area contributed by atoms with Crippen molar-refractivity contribution in [1.82, 2.24) is 15.5 Å². The quantitative estimate of drug-likeness (QED) is 0.666. The molecule has 4 nitrogen and oxygen atoms in total. The molecule has 116 valence electrons. The van der Waals surface area contributed by atoms with Gasteiger partial charge in [0, 0.05) is 30.4 Å². The maximum Gasteiger partial charge on any atom is 0.230 e. The summed E-state index contributed by atoms with van der Waals surface area (Å²) in [5.74, 6) is 1.88. The SMILES string of the molecule is CCN(CC)CCSCC(=O)NC1CC2CCC(C1)N2. The average molecular weight is 299 g/mol. The molecule has 2 bridgehead atoms. The summed E-state index contributed by atoms with van der Waals surface area (Å²) in [6, 6.07) is 1.70. The summed E-state index contributed by atoms with van der Waals surface area (Å²) in [6.45, 7) is 7.66. The van der Waals surface area contributed by atoms with Crippen LogP contribution in [0.15, 0.2) is 0 Å². The first-order valence-electron chi connectivity index (χ1n) is 8.06. The molecule has 2 N–H and O–H groups in total. The standard InChI is InChI=1S/C15H29N3OS/c1-3-18(4-2)7-8-20-11-15(19)17-14-9-12-5-6-13(10-14)16-12/h12-14,16H,3-11H2,1-2H3,(H,17,19). The molecule has 2 aliphatic rings. The number of nitrogens with zero attached hydrogens (tertiary/aromatic N) is 1. The summed E-state index contributed by atoms with van der Waals surface area (Å²) in [4.78, 5) is 14.4. The Bertz CT molecular complexity index is 297. The highest BCUT2D eigenvalue weighted by Crippen LogP contribution is 2.26. The van der Waals surface area contributed by atoms with E-state index in [4.69, 9.17) is 0 Å². The van der Waals surface area contributed by atoms with Gasteiger partial charge in [0.15, 0.2) is 0 Å². The lowest BCUT2D eigenvalue weighted by Gasteiger charge is -2.29.